The summed E-state index contributed by atoms with van der Waals surface area (Å²) in [5, 5.41) is 4.08. The summed E-state index contributed by atoms with van der Waals surface area (Å²) in [6.45, 7) is 2.21. The molecule has 1 radical (unpaired) electrons. The number of imidazole rings is 1. The van der Waals surface area contributed by atoms with Gasteiger partial charge in [-0.3, -0.25) is 4.98 Å². The number of furan rings is 1. The number of benzene rings is 8. The van der Waals surface area contributed by atoms with E-state index >= 15 is 0 Å². The van der Waals surface area contributed by atoms with E-state index in [2.05, 4.69) is 156 Å². The molecule has 3 aromatic heterocycles. The van der Waals surface area contributed by atoms with Crippen molar-refractivity contribution >= 4 is 61.4 Å². The number of pyridine rings is 1. The molecule has 3 heterocycles. The summed E-state index contributed by atoms with van der Waals surface area (Å²) in [6, 6.07) is 63.9. The van der Waals surface area contributed by atoms with Crippen molar-refractivity contribution in [1.82, 2.24) is 14.5 Å². The molecule has 0 aliphatic heterocycles. The Morgan fingerprint density at radius 1 is 0.609 bits per heavy atom. The molecule has 11 rings (SSSR count). The van der Waals surface area contributed by atoms with Gasteiger partial charge >= 0.3 is 99.8 Å². The van der Waals surface area contributed by atoms with Gasteiger partial charge in [0.25, 0.3) is 0 Å². The maximum atomic E-state index is 7.70. The first-order valence-corrected chi connectivity index (χ1v) is 28.7. The van der Waals surface area contributed by atoms with Crippen molar-refractivity contribution < 1.29 is 28.6 Å². The summed E-state index contributed by atoms with van der Waals surface area (Å²) in [6.07, 6.45) is 2.04. The molecule has 0 amide bonds. The van der Waals surface area contributed by atoms with E-state index in [-0.39, 0.29) is 20.1 Å². The fourth-order valence-corrected chi connectivity index (χ4v) is 10.8. The number of rotatable bonds is 6. The van der Waals surface area contributed by atoms with Crippen LogP contribution in [0.5, 0.6) is 0 Å². The minimum atomic E-state index is -2.13. The second-order valence-electron chi connectivity index (χ2n) is 17.2. The average Bonchev–Trinajstić information content (AvgIpc) is 3.91. The van der Waals surface area contributed by atoms with Gasteiger partial charge in [0.05, 0.1) is 22.4 Å². The van der Waals surface area contributed by atoms with Crippen LogP contribution in [0.2, 0.25) is 17.3 Å². The summed E-state index contributed by atoms with van der Waals surface area (Å²) in [7, 11) is 0. The zero-order chi connectivity index (χ0) is 45.7. The Kier molecular flexibility index (Phi) is 10.8. The fraction of sp³-hybridized carbons (Fsp3) is 0.103. The normalized spacial score (nSPS) is 12.4. The molecular formula is C58H47GeIrN3O-2. The van der Waals surface area contributed by atoms with E-state index in [1.165, 1.54) is 15.5 Å². The molecule has 0 spiro atoms. The molecule has 8 aromatic carbocycles. The molecule has 6 heteroatoms. The van der Waals surface area contributed by atoms with Crippen LogP contribution >= 0.6 is 0 Å². The van der Waals surface area contributed by atoms with Gasteiger partial charge in [-0.2, -0.15) is 0 Å². The molecule has 0 atom stereocenters. The van der Waals surface area contributed by atoms with E-state index < -0.39 is 20.1 Å². The number of nitrogens with zero attached hydrogens (tertiary/aromatic N) is 3. The largest absolute Gasteiger partial charge is 0 e. The van der Waals surface area contributed by atoms with Crippen molar-refractivity contribution in [2.45, 2.75) is 38.0 Å². The maximum absolute atomic E-state index is 7.70. The molecule has 0 fully saturated rings. The van der Waals surface area contributed by atoms with Crippen molar-refractivity contribution in [3.8, 4) is 50.6 Å². The Morgan fingerprint density at radius 2 is 1.31 bits per heavy atom. The van der Waals surface area contributed by atoms with Crippen LogP contribution in [0.1, 0.15) is 20.8 Å². The third kappa shape index (κ3) is 8.16. The topological polar surface area (TPSA) is 43.9 Å². The fourth-order valence-electron chi connectivity index (χ4n) is 8.61. The van der Waals surface area contributed by atoms with E-state index in [9.17, 15) is 0 Å². The molecule has 0 aliphatic carbocycles. The third-order valence-corrected chi connectivity index (χ3v) is 16.1. The van der Waals surface area contributed by atoms with E-state index in [0.29, 0.717) is 5.56 Å². The number of para-hydroxylation sites is 2. The van der Waals surface area contributed by atoms with Gasteiger partial charge in [0.1, 0.15) is 5.58 Å². The molecule has 11 aromatic rings. The van der Waals surface area contributed by atoms with Crippen LogP contribution in [0.4, 0.5) is 0 Å². The van der Waals surface area contributed by atoms with Crippen LogP contribution in [0.25, 0.3) is 94.3 Å². The van der Waals surface area contributed by atoms with E-state index in [0.717, 1.165) is 94.3 Å². The van der Waals surface area contributed by atoms with Gasteiger partial charge in [-0.15, -0.1) is 18.2 Å². The van der Waals surface area contributed by atoms with Crippen LogP contribution in [-0.4, -0.2) is 27.8 Å². The Morgan fingerprint density at radius 3 is 2.03 bits per heavy atom. The van der Waals surface area contributed by atoms with Crippen molar-refractivity contribution in [3.05, 3.63) is 205 Å². The summed E-state index contributed by atoms with van der Waals surface area (Å²) in [5.41, 5.74) is 14.4. The van der Waals surface area contributed by atoms with Gasteiger partial charge in [0, 0.05) is 40.7 Å². The molecule has 315 valence electrons. The summed E-state index contributed by atoms with van der Waals surface area (Å²) in [5.74, 6) is 7.92. The number of fused-ring (bicyclic) bond motifs is 6. The first-order valence-electron chi connectivity index (χ1n) is 22.8. The van der Waals surface area contributed by atoms with E-state index in [4.69, 9.17) is 13.5 Å². The molecule has 0 saturated carbocycles. The third-order valence-electron chi connectivity index (χ3n) is 11.9. The van der Waals surface area contributed by atoms with E-state index in [1.54, 1.807) is 12.1 Å². The first kappa shape index (κ1) is 39.2. The van der Waals surface area contributed by atoms with Gasteiger partial charge in [0.2, 0.25) is 0 Å². The van der Waals surface area contributed by atoms with Crippen molar-refractivity contribution in [2.75, 3.05) is 0 Å². The Hall–Kier alpha value is -6.37. The molecule has 4 nitrogen and oxygen atoms in total. The number of aryl methyl sites for hydroxylation is 3. The minimum Gasteiger partial charge on any atom is 0 e. The van der Waals surface area contributed by atoms with Gasteiger partial charge in [0.15, 0.2) is 0 Å². The maximum Gasteiger partial charge on any atom is 0 e. The van der Waals surface area contributed by atoms with Crippen LogP contribution in [0.15, 0.2) is 180 Å². The molecule has 0 N–H and O–H groups in total. The van der Waals surface area contributed by atoms with Crippen molar-refractivity contribution in [1.29, 1.82) is 0 Å². The first-order chi connectivity index (χ1) is 31.8. The molecule has 0 bridgehead atoms. The molecular weight excluding hydrogens is 1020 g/mol. The second-order valence-corrected chi connectivity index (χ2v) is 27.8. The summed E-state index contributed by atoms with van der Waals surface area (Å²) < 4.78 is 33.6. The van der Waals surface area contributed by atoms with Crippen LogP contribution in [0.3, 0.4) is 0 Å². The summed E-state index contributed by atoms with van der Waals surface area (Å²) in [4.78, 5) is 9.74. The van der Waals surface area contributed by atoms with Crippen LogP contribution in [0, 0.1) is 32.8 Å². The van der Waals surface area contributed by atoms with Crippen LogP contribution < -0.4 is 4.40 Å². The SMILES string of the molecule is [2H]C([2H])([2H])c1ccc(-c2ccc3c(ccc4c5cc[c-]c(-c6nc7ccccc7n6-c6c(C)cc(-c7ccccc7)cc6C)c5oc34)c2)cc1.[CH3][Ge]([CH3])([CH3])[c]1ccc(-c2[c-]cccc2)nc1.[Ir]. The summed E-state index contributed by atoms with van der Waals surface area (Å²) >= 11 is -1.72. The predicted molar refractivity (Wildman–Crippen MR) is 267 cm³/mol. The molecule has 0 saturated heterocycles. The Balaban J connectivity index is 0.000000281. The van der Waals surface area contributed by atoms with Crippen molar-refractivity contribution in [3.63, 3.8) is 0 Å². The predicted octanol–water partition coefficient (Wildman–Crippen LogP) is 14.9. The quantitative estimate of drug-likeness (QED) is 0.123. The number of aromatic nitrogens is 3. The zero-order valence-electron chi connectivity index (χ0n) is 39.3. The Labute approximate surface area is 395 Å². The van der Waals surface area contributed by atoms with Gasteiger partial charge in [-0.1, -0.05) is 108 Å². The molecule has 0 aliphatic rings. The molecule has 64 heavy (non-hydrogen) atoms. The molecule has 0 unspecified atom stereocenters. The van der Waals surface area contributed by atoms with Gasteiger partial charge < -0.3 is 8.98 Å². The number of hydrogen-bond donors (Lipinski definition) is 0. The monoisotopic (exact) mass is 1070 g/mol. The van der Waals surface area contributed by atoms with Gasteiger partial charge in [-0.25, -0.2) is 0 Å². The van der Waals surface area contributed by atoms with Gasteiger partial charge in [-0.05, 0) is 89.8 Å². The van der Waals surface area contributed by atoms with Crippen LogP contribution in [-0.2, 0) is 20.1 Å². The zero-order valence-corrected chi connectivity index (χ0v) is 40.8. The second kappa shape index (κ2) is 17.7. The average molecular weight is 1070 g/mol. The minimum absolute atomic E-state index is 0. The van der Waals surface area contributed by atoms with Crippen molar-refractivity contribution in [2.24, 2.45) is 0 Å². The number of hydrogen-bond acceptors (Lipinski definition) is 3. The smallest absolute Gasteiger partial charge is 0 e. The standard InChI is InChI=1S/C44H31N2O.C14H16GeN.Ir/c1-27-16-18-31(19-17-27)32-20-22-35-33(26-32)21-23-37-36-12-9-13-38(43(36)47-42(35)37)44-45-39-14-7-8-15-40(39)46(44)41-28(2)24-34(25-29(41)3)30-10-5-4-6-11-30;1-15(2,3)13-9-10-14(16-11-13)12-7-5-4-6-8-12;/h4-12,14-26H,1-3H3;4-7,9-11H,1-3H3;/q2*-1;/i1D3;;. The van der Waals surface area contributed by atoms with E-state index in [1.807, 2.05) is 60.8 Å². The Bertz CT molecular complexity index is 3540.